The van der Waals surface area contributed by atoms with Crippen LogP contribution in [0.3, 0.4) is 0 Å². The number of rotatable bonds is 8. The number of likely N-dealkylation sites (tertiary alicyclic amines) is 1. The summed E-state index contributed by atoms with van der Waals surface area (Å²) in [6, 6.07) is 0. The molecule has 0 saturated carbocycles. The molecular weight excluding hydrogens is 208 g/mol. The molecule has 0 aromatic rings. The lowest BCUT2D eigenvalue weighted by Crippen LogP contribution is -2.33. The van der Waals surface area contributed by atoms with Gasteiger partial charge in [-0.05, 0) is 51.2 Å². The minimum Gasteiger partial charge on any atom is -0.315 e. The molecular formula is C15H32N2. The van der Waals surface area contributed by atoms with Crippen molar-refractivity contribution in [3.05, 3.63) is 0 Å². The average Bonchev–Trinajstić information content (AvgIpc) is 2.59. The largest absolute Gasteiger partial charge is 0.315 e. The predicted molar refractivity (Wildman–Crippen MR) is 76.5 cm³/mol. The molecule has 1 rings (SSSR count). The molecule has 1 atom stereocenters. The van der Waals surface area contributed by atoms with E-state index in [9.17, 15) is 0 Å². The fourth-order valence-corrected chi connectivity index (χ4v) is 2.72. The Morgan fingerprint density at radius 3 is 2.71 bits per heavy atom. The van der Waals surface area contributed by atoms with E-state index >= 15 is 0 Å². The van der Waals surface area contributed by atoms with E-state index < -0.39 is 0 Å². The third-order valence-electron chi connectivity index (χ3n) is 4.08. The van der Waals surface area contributed by atoms with Crippen LogP contribution in [-0.4, -0.2) is 37.6 Å². The highest BCUT2D eigenvalue weighted by Crippen LogP contribution is 2.19. The molecule has 0 bridgehead atoms. The van der Waals surface area contributed by atoms with Crippen LogP contribution in [0.5, 0.6) is 0 Å². The first-order valence-electron chi connectivity index (χ1n) is 7.79. The van der Waals surface area contributed by atoms with Gasteiger partial charge in [0.15, 0.2) is 0 Å². The first-order valence-corrected chi connectivity index (χ1v) is 7.79. The zero-order valence-corrected chi connectivity index (χ0v) is 12.0. The summed E-state index contributed by atoms with van der Waals surface area (Å²) in [5, 5.41) is 3.57. The van der Waals surface area contributed by atoms with E-state index in [0.717, 1.165) is 5.92 Å². The molecule has 0 aromatic heterocycles. The summed E-state index contributed by atoms with van der Waals surface area (Å²) in [7, 11) is 0. The molecule has 0 spiro atoms. The fraction of sp³-hybridized carbons (Fsp3) is 1.00. The second kappa shape index (κ2) is 9.90. The molecule has 1 aliphatic rings. The van der Waals surface area contributed by atoms with Crippen molar-refractivity contribution in [2.75, 3.05) is 32.7 Å². The summed E-state index contributed by atoms with van der Waals surface area (Å²) >= 11 is 0. The lowest BCUT2D eigenvalue weighted by atomic mass is 9.98. The highest BCUT2D eigenvalue weighted by Gasteiger charge is 2.14. The van der Waals surface area contributed by atoms with Gasteiger partial charge in [-0.1, -0.05) is 33.1 Å². The zero-order valence-electron chi connectivity index (χ0n) is 12.0. The molecule has 0 amide bonds. The van der Waals surface area contributed by atoms with Crippen LogP contribution in [0.4, 0.5) is 0 Å². The maximum Gasteiger partial charge on any atom is 0.0107 e. The second-order valence-corrected chi connectivity index (χ2v) is 5.50. The average molecular weight is 240 g/mol. The van der Waals surface area contributed by atoms with E-state index in [1.54, 1.807) is 0 Å². The van der Waals surface area contributed by atoms with Crippen molar-refractivity contribution in [1.29, 1.82) is 0 Å². The van der Waals surface area contributed by atoms with Crippen molar-refractivity contribution in [3.63, 3.8) is 0 Å². The highest BCUT2D eigenvalue weighted by atomic mass is 15.1. The molecule has 1 saturated heterocycles. The maximum absolute atomic E-state index is 3.57. The minimum absolute atomic E-state index is 0.998. The number of unbranched alkanes of at least 4 members (excludes halogenated alkanes) is 2. The van der Waals surface area contributed by atoms with Gasteiger partial charge in [-0.2, -0.15) is 0 Å². The Morgan fingerprint density at radius 1 is 1.06 bits per heavy atom. The van der Waals surface area contributed by atoms with Crippen LogP contribution in [0.2, 0.25) is 0 Å². The van der Waals surface area contributed by atoms with Gasteiger partial charge in [-0.25, -0.2) is 0 Å². The minimum atomic E-state index is 0.998. The van der Waals surface area contributed by atoms with Crippen LogP contribution >= 0.6 is 0 Å². The van der Waals surface area contributed by atoms with Gasteiger partial charge in [-0.15, -0.1) is 0 Å². The molecule has 17 heavy (non-hydrogen) atoms. The van der Waals surface area contributed by atoms with Gasteiger partial charge >= 0.3 is 0 Å². The first kappa shape index (κ1) is 15.0. The van der Waals surface area contributed by atoms with Crippen LogP contribution in [0.1, 0.15) is 58.8 Å². The van der Waals surface area contributed by atoms with Gasteiger partial charge in [-0.3, -0.25) is 0 Å². The van der Waals surface area contributed by atoms with Gasteiger partial charge < -0.3 is 10.2 Å². The summed E-state index contributed by atoms with van der Waals surface area (Å²) in [5.74, 6) is 0.998. The lowest BCUT2D eigenvalue weighted by molar-refractivity contribution is 0.279. The predicted octanol–water partition coefficient (Wildman–Crippen LogP) is 3.28. The second-order valence-electron chi connectivity index (χ2n) is 5.50. The molecule has 2 nitrogen and oxygen atoms in total. The standard InChI is InChI=1S/C15H32N2/c1-3-5-6-10-16-11-14-17-12-7-8-15(4-2)9-13-17/h15-16H,3-14H2,1-2H3. The van der Waals surface area contributed by atoms with Crippen LogP contribution in [-0.2, 0) is 0 Å². The maximum atomic E-state index is 3.57. The molecule has 1 fully saturated rings. The Bertz CT molecular complexity index is 170. The number of nitrogens with one attached hydrogen (secondary N) is 1. The quantitative estimate of drug-likeness (QED) is 0.655. The molecule has 0 aliphatic carbocycles. The summed E-state index contributed by atoms with van der Waals surface area (Å²) in [6.45, 7) is 10.9. The highest BCUT2D eigenvalue weighted by molar-refractivity contribution is 4.69. The first-order chi connectivity index (χ1) is 8.36. The molecule has 0 aromatic carbocycles. The Hall–Kier alpha value is -0.0800. The molecule has 2 heteroatoms. The van der Waals surface area contributed by atoms with Crippen molar-refractivity contribution in [2.45, 2.75) is 58.8 Å². The van der Waals surface area contributed by atoms with E-state index in [2.05, 4.69) is 24.1 Å². The van der Waals surface area contributed by atoms with Crippen LogP contribution < -0.4 is 5.32 Å². The van der Waals surface area contributed by atoms with Crippen molar-refractivity contribution in [2.24, 2.45) is 5.92 Å². The molecule has 1 heterocycles. The number of hydrogen-bond acceptors (Lipinski definition) is 2. The molecule has 1 unspecified atom stereocenters. The van der Waals surface area contributed by atoms with Crippen molar-refractivity contribution >= 4 is 0 Å². The number of nitrogens with zero attached hydrogens (tertiary/aromatic N) is 1. The van der Waals surface area contributed by atoms with E-state index in [0.29, 0.717) is 0 Å². The Labute approximate surface area is 108 Å². The van der Waals surface area contributed by atoms with E-state index in [-0.39, 0.29) is 0 Å². The molecule has 102 valence electrons. The third kappa shape index (κ3) is 7.05. The summed E-state index contributed by atoms with van der Waals surface area (Å²) in [4.78, 5) is 2.66. The van der Waals surface area contributed by atoms with Gasteiger partial charge in [0, 0.05) is 13.1 Å². The Balaban J connectivity index is 1.99. The van der Waals surface area contributed by atoms with Crippen molar-refractivity contribution in [1.82, 2.24) is 10.2 Å². The Kier molecular flexibility index (Phi) is 8.72. The van der Waals surface area contributed by atoms with Gasteiger partial charge in [0.2, 0.25) is 0 Å². The third-order valence-corrected chi connectivity index (χ3v) is 4.08. The van der Waals surface area contributed by atoms with Crippen LogP contribution in [0.25, 0.3) is 0 Å². The molecule has 1 N–H and O–H groups in total. The van der Waals surface area contributed by atoms with Gasteiger partial charge in [0.05, 0.1) is 0 Å². The Morgan fingerprint density at radius 2 is 1.94 bits per heavy atom. The van der Waals surface area contributed by atoms with Gasteiger partial charge in [0.25, 0.3) is 0 Å². The number of hydrogen-bond donors (Lipinski definition) is 1. The normalized spacial score (nSPS) is 22.6. The van der Waals surface area contributed by atoms with E-state index in [1.165, 1.54) is 77.7 Å². The monoisotopic (exact) mass is 240 g/mol. The molecule has 0 radical (unpaired) electrons. The SMILES string of the molecule is CCCCCNCCN1CCCC(CC)CC1. The van der Waals surface area contributed by atoms with Crippen molar-refractivity contribution < 1.29 is 0 Å². The summed E-state index contributed by atoms with van der Waals surface area (Å²) in [6.07, 6.45) is 9.70. The van der Waals surface area contributed by atoms with Gasteiger partial charge in [0.1, 0.15) is 0 Å². The van der Waals surface area contributed by atoms with Crippen LogP contribution in [0.15, 0.2) is 0 Å². The molecule has 1 aliphatic heterocycles. The van der Waals surface area contributed by atoms with Crippen LogP contribution in [0, 0.1) is 5.92 Å². The van der Waals surface area contributed by atoms with E-state index in [1.807, 2.05) is 0 Å². The zero-order chi connectivity index (χ0) is 12.3. The smallest absolute Gasteiger partial charge is 0.0107 e. The van der Waals surface area contributed by atoms with Crippen molar-refractivity contribution in [3.8, 4) is 0 Å². The summed E-state index contributed by atoms with van der Waals surface area (Å²) in [5.41, 5.74) is 0. The van der Waals surface area contributed by atoms with E-state index in [4.69, 9.17) is 0 Å². The summed E-state index contributed by atoms with van der Waals surface area (Å²) < 4.78 is 0. The fourth-order valence-electron chi connectivity index (χ4n) is 2.72. The topological polar surface area (TPSA) is 15.3 Å². The lowest BCUT2D eigenvalue weighted by Gasteiger charge is -2.20.